The predicted molar refractivity (Wildman–Crippen MR) is 84.7 cm³/mol. The van der Waals surface area contributed by atoms with Crippen LogP contribution in [0.15, 0.2) is 42.5 Å². The fraction of sp³-hybridized carbons (Fsp3) is 0.333. The second kappa shape index (κ2) is 6.27. The molecule has 3 heteroatoms. The van der Waals surface area contributed by atoms with Crippen molar-refractivity contribution in [2.45, 2.75) is 33.0 Å². The minimum Gasteiger partial charge on any atom is -0.360 e. The summed E-state index contributed by atoms with van der Waals surface area (Å²) in [5.41, 5.74) is 4.29. The number of fused-ring (bicyclic) bond motifs is 1. The molecular formula is C18H21FN2. The number of anilines is 1. The highest BCUT2D eigenvalue weighted by Gasteiger charge is 2.20. The lowest BCUT2D eigenvalue weighted by molar-refractivity contribution is 0.612. The standard InChI is InChI=1S/C18H21FN2/c1-2-9-20-11-14-7-8-18(17(19)10-14)21-12-15-5-3-4-6-16(15)13-21/h3-8,10,20H,2,9,11-13H2,1H3. The molecule has 3 rings (SSSR count). The van der Waals surface area contributed by atoms with Crippen LogP contribution in [0.2, 0.25) is 0 Å². The van der Waals surface area contributed by atoms with E-state index in [0.717, 1.165) is 38.2 Å². The molecule has 2 aromatic rings. The zero-order chi connectivity index (χ0) is 14.7. The molecule has 21 heavy (non-hydrogen) atoms. The van der Waals surface area contributed by atoms with E-state index in [4.69, 9.17) is 0 Å². The van der Waals surface area contributed by atoms with Crippen molar-refractivity contribution in [3.05, 3.63) is 65.0 Å². The topological polar surface area (TPSA) is 15.3 Å². The van der Waals surface area contributed by atoms with Gasteiger partial charge < -0.3 is 10.2 Å². The molecular weight excluding hydrogens is 263 g/mol. The van der Waals surface area contributed by atoms with Crippen LogP contribution in [0.1, 0.15) is 30.0 Å². The number of hydrogen-bond donors (Lipinski definition) is 1. The molecule has 1 aliphatic heterocycles. The van der Waals surface area contributed by atoms with Gasteiger partial charge in [-0.25, -0.2) is 4.39 Å². The van der Waals surface area contributed by atoms with Gasteiger partial charge in [-0.05, 0) is 41.8 Å². The molecule has 0 amide bonds. The van der Waals surface area contributed by atoms with Crippen LogP contribution in [0.5, 0.6) is 0 Å². The van der Waals surface area contributed by atoms with Crippen molar-refractivity contribution in [3.8, 4) is 0 Å². The average Bonchev–Trinajstić information content (AvgIpc) is 2.91. The van der Waals surface area contributed by atoms with E-state index in [-0.39, 0.29) is 5.82 Å². The van der Waals surface area contributed by atoms with E-state index in [1.165, 1.54) is 11.1 Å². The molecule has 1 heterocycles. The highest BCUT2D eigenvalue weighted by atomic mass is 19.1. The van der Waals surface area contributed by atoms with Crippen LogP contribution >= 0.6 is 0 Å². The van der Waals surface area contributed by atoms with Crippen molar-refractivity contribution < 1.29 is 4.39 Å². The molecule has 0 radical (unpaired) electrons. The molecule has 2 nitrogen and oxygen atoms in total. The van der Waals surface area contributed by atoms with E-state index in [1.807, 2.05) is 24.3 Å². The van der Waals surface area contributed by atoms with E-state index in [9.17, 15) is 4.39 Å². The van der Waals surface area contributed by atoms with Gasteiger partial charge >= 0.3 is 0 Å². The Kier molecular flexibility index (Phi) is 4.20. The number of hydrogen-bond acceptors (Lipinski definition) is 2. The Morgan fingerprint density at radius 3 is 2.43 bits per heavy atom. The highest BCUT2D eigenvalue weighted by molar-refractivity contribution is 5.53. The summed E-state index contributed by atoms with van der Waals surface area (Å²) in [4.78, 5) is 2.10. The maximum atomic E-state index is 14.4. The number of benzene rings is 2. The summed E-state index contributed by atoms with van der Waals surface area (Å²) in [5, 5.41) is 3.30. The molecule has 1 N–H and O–H groups in total. The third-order valence-electron chi connectivity index (χ3n) is 3.95. The number of nitrogens with zero attached hydrogens (tertiary/aromatic N) is 1. The van der Waals surface area contributed by atoms with E-state index in [2.05, 4.69) is 29.3 Å². The smallest absolute Gasteiger partial charge is 0.146 e. The zero-order valence-corrected chi connectivity index (χ0v) is 12.4. The Morgan fingerprint density at radius 1 is 1.10 bits per heavy atom. The van der Waals surface area contributed by atoms with Crippen LogP contribution in [-0.4, -0.2) is 6.54 Å². The third-order valence-corrected chi connectivity index (χ3v) is 3.95. The highest BCUT2D eigenvalue weighted by Crippen LogP contribution is 2.30. The van der Waals surface area contributed by atoms with E-state index in [0.29, 0.717) is 5.69 Å². The Hall–Kier alpha value is -1.87. The Balaban J connectivity index is 1.72. The van der Waals surface area contributed by atoms with Crippen LogP contribution in [0.25, 0.3) is 0 Å². The molecule has 0 spiro atoms. The van der Waals surface area contributed by atoms with E-state index < -0.39 is 0 Å². The maximum Gasteiger partial charge on any atom is 0.146 e. The SMILES string of the molecule is CCCNCc1ccc(N2Cc3ccccc3C2)c(F)c1. The number of nitrogens with one attached hydrogen (secondary N) is 1. The summed E-state index contributed by atoms with van der Waals surface area (Å²) >= 11 is 0. The molecule has 0 saturated carbocycles. The molecule has 0 atom stereocenters. The monoisotopic (exact) mass is 284 g/mol. The molecule has 0 aliphatic carbocycles. The van der Waals surface area contributed by atoms with Crippen molar-refractivity contribution >= 4 is 5.69 Å². The molecule has 0 fully saturated rings. The Labute approximate surface area is 125 Å². The summed E-state index contributed by atoms with van der Waals surface area (Å²) in [7, 11) is 0. The number of rotatable bonds is 5. The van der Waals surface area contributed by atoms with Gasteiger partial charge in [0.2, 0.25) is 0 Å². The van der Waals surface area contributed by atoms with Crippen LogP contribution in [0, 0.1) is 5.82 Å². The van der Waals surface area contributed by atoms with Gasteiger partial charge in [0.15, 0.2) is 0 Å². The second-order valence-electron chi connectivity index (χ2n) is 5.59. The normalized spacial score (nSPS) is 13.5. The van der Waals surface area contributed by atoms with Gasteiger partial charge in [-0.3, -0.25) is 0 Å². The Bertz CT molecular complexity index is 599. The number of halogens is 1. The largest absolute Gasteiger partial charge is 0.360 e. The fourth-order valence-electron chi connectivity index (χ4n) is 2.83. The van der Waals surface area contributed by atoms with Gasteiger partial charge in [0.05, 0.1) is 5.69 Å². The van der Waals surface area contributed by atoms with Crippen LogP contribution in [0.4, 0.5) is 10.1 Å². The van der Waals surface area contributed by atoms with Gasteiger partial charge in [-0.15, -0.1) is 0 Å². The first-order valence-corrected chi connectivity index (χ1v) is 7.59. The molecule has 110 valence electrons. The lowest BCUT2D eigenvalue weighted by Gasteiger charge is -2.19. The summed E-state index contributed by atoms with van der Waals surface area (Å²) in [5.74, 6) is -0.126. The van der Waals surface area contributed by atoms with Gasteiger partial charge in [0, 0.05) is 19.6 Å². The Morgan fingerprint density at radius 2 is 1.81 bits per heavy atom. The van der Waals surface area contributed by atoms with Crippen LogP contribution in [-0.2, 0) is 19.6 Å². The third kappa shape index (κ3) is 3.08. The van der Waals surface area contributed by atoms with Crippen molar-refractivity contribution in [1.82, 2.24) is 5.32 Å². The first kappa shape index (κ1) is 14.1. The first-order chi connectivity index (χ1) is 10.3. The summed E-state index contributed by atoms with van der Waals surface area (Å²) in [6.07, 6.45) is 1.09. The second-order valence-corrected chi connectivity index (χ2v) is 5.59. The molecule has 0 bridgehead atoms. The van der Waals surface area contributed by atoms with E-state index in [1.54, 1.807) is 6.07 Å². The molecule has 0 unspecified atom stereocenters. The van der Waals surface area contributed by atoms with Crippen LogP contribution in [0.3, 0.4) is 0 Å². The van der Waals surface area contributed by atoms with Crippen molar-refractivity contribution in [3.63, 3.8) is 0 Å². The molecule has 1 aliphatic rings. The summed E-state index contributed by atoms with van der Waals surface area (Å²) < 4.78 is 14.4. The van der Waals surface area contributed by atoms with Gasteiger partial charge in [0.25, 0.3) is 0 Å². The maximum absolute atomic E-state index is 14.4. The summed E-state index contributed by atoms with van der Waals surface area (Å²) in [6.45, 7) is 5.40. The van der Waals surface area contributed by atoms with Crippen molar-refractivity contribution in [2.75, 3.05) is 11.4 Å². The lowest BCUT2D eigenvalue weighted by Crippen LogP contribution is -2.17. The average molecular weight is 284 g/mol. The minimum atomic E-state index is -0.126. The fourth-order valence-corrected chi connectivity index (χ4v) is 2.83. The first-order valence-electron chi connectivity index (χ1n) is 7.59. The van der Waals surface area contributed by atoms with Gasteiger partial charge in [0.1, 0.15) is 5.82 Å². The van der Waals surface area contributed by atoms with Gasteiger partial charge in [-0.1, -0.05) is 37.3 Å². The molecule has 0 aromatic heterocycles. The van der Waals surface area contributed by atoms with E-state index >= 15 is 0 Å². The quantitative estimate of drug-likeness (QED) is 0.839. The van der Waals surface area contributed by atoms with Gasteiger partial charge in [-0.2, -0.15) is 0 Å². The van der Waals surface area contributed by atoms with Crippen molar-refractivity contribution in [1.29, 1.82) is 0 Å². The lowest BCUT2D eigenvalue weighted by atomic mass is 10.1. The van der Waals surface area contributed by atoms with Crippen molar-refractivity contribution in [2.24, 2.45) is 0 Å². The van der Waals surface area contributed by atoms with Crippen LogP contribution < -0.4 is 10.2 Å². The summed E-state index contributed by atoms with van der Waals surface area (Å²) in [6, 6.07) is 13.9. The molecule has 2 aromatic carbocycles. The zero-order valence-electron chi connectivity index (χ0n) is 12.4. The predicted octanol–water partition coefficient (Wildman–Crippen LogP) is 3.85. The minimum absolute atomic E-state index is 0.126. The molecule has 0 saturated heterocycles.